The van der Waals surface area contributed by atoms with E-state index in [2.05, 4.69) is 11.1 Å². The molecule has 2 aromatic carbocycles. The lowest BCUT2D eigenvalue weighted by Crippen LogP contribution is -2.40. The van der Waals surface area contributed by atoms with Crippen LogP contribution in [0.1, 0.15) is 47.7 Å². The average Bonchev–Trinajstić information content (AvgIpc) is 3.71. The smallest absolute Gasteiger partial charge is 0.417 e. The van der Waals surface area contributed by atoms with Crippen LogP contribution in [0.4, 0.5) is 4.79 Å². The molecular weight excluding hydrogens is 593 g/mol. The third kappa shape index (κ3) is 7.11. The number of pyridine rings is 1. The summed E-state index contributed by atoms with van der Waals surface area (Å²) in [7, 11) is 1.74. The Kier molecular flexibility index (Phi) is 9.12. The lowest BCUT2D eigenvalue weighted by Gasteiger charge is -2.25. The number of imide groups is 1. The summed E-state index contributed by atoms with van der Waals surface area (Å²) in [6.07, 6.45) is 2.69. The first-order chi connectivity index (χ1) is 21.6. The Morgan fingerprint density at radius 2 is 1.82 bits per heavy atom. The van der Waals surface area contributed by atoms with E-state index in [-0.39, 0.29) is 33.0 Å². The Hall–Kier alpha value is -5.26. The van der Waals surface area contributed by atoms with Gasteiger partial charge in [-0.1, -0.05) is 30.4 Å². The molecule has 0 N–H and O–H groups in total. The summed E-state index contributed by atoms with van der Waals surface area (Å²) in [5, 5.41) is 10.9. The Morgan fingerprint density at radius 1 is 1.09 bits per heavy atom. The van der Waals surface area contributed by atoms with E-state index >= 15 is 0 Å². The molecule has 1 unspecified atom stereocenters. The molecule has 1 aliphatic heterocycles. The van der Waals surface area contributed by atoms with E-state index in [0.29, 0.717) is 45.1 Å². The topological polar surface area (TPSA) is 120 Å². The van der Waals surface area contributed by atoms with Crippen molar-refractivity contribution in [2.45, 2.75) is 33.3 Å². The molecule has 1 atom stereocenters. The van der Waals surface area contributed by atoms with Crippen LogP contribution in [0.25, 0.3) is 17.2 Å². The fraction of sp³-hybridized carbons (Fsp3) is 0.235. The van der Waals surface area contributed by atoms with Gasteiger partial charge in [0.05, 0.1) is 18.9 Å². The van der Waals surface area contributed by atoms with Crippen molar-refractivity contribution in [3.8, 4) is 46.1 Å². The van der Waals surface area contributed by atoms with Gasteiger partial charge in [0.25, 0.3) is 5.91 Å². The molecule has 5 rings (SSSR count). The van der Waals surface area contributed by atoms with Gasteiger partial charge in [0.1, 0.15) is 28.7 Å². The largest absolute Gasteiger partial charge is 0.497 e. The molecule has 11 heteroatoms. The number of rotatable bonds is 8. The number of carbonyl (C=O) groups excluding carboxylic acids is 2. The zero-order valence-electron chi connectivity index (χ0n) is 25.5. The number of benzene rings is 2. The number of nitrogens with zero attached hydrogens (tertiary/aromatic N) is 3. The molecule has 1 aliphatic rings. The predicted octanol–water partition coefficient (Wildman–Crippen LogP) is 7.58. The van der Waals surface area contributed by atoms with Gasteiger partial charge in [0.15, 0.2) is 11.5 Å². The normalized spacial score (nSPS) is 12.3. The highest BCUT2D eigenvalue weighted by Crippen LogP contribution is 2.40. The second-order valence-electron chi connectivity index (χ2n) is 11.0. The molecule has 2 aromatic heterocycles. The van der Waals surface area contributed by atoms with E-state index < -0.39 is 17.6 Å². The zero-order valence-corrected chi connectivity index (χ0v) is 26.5. The van der Waals surface area contributed by atoms with E-state index in [1.165, 1.54) is 0 Å². The van der Waals surface area contributed by atoms with Gasteiger partial charge in [-0.05, 0) is 69.4 Å². The molecule has 3 heterocycles. The highest BCUT2D eigenvalue weighted by atomic mass is 31.0. The van der Waals surface area contributed by atoms with Crippen LogP contribution in [0.15, 0.2) is 66.5 Å². The molecule has 0 saturated carbocycles. The van der Waals surface area contributed by atoms with Gasteiger partial charge < -0.3 is 23.7 Å². The second kappa shape index (κ2) is 13.2. The van der Waals surface area contributed by atoms with Crippen molar-refractivity contribution in [2.24, 2.45) is 0 Å². The number of nitriles is 1. The minimum absolute atomic E-state index is 0.0611. The highest BCUT2D eigenvalue weighted by Gasteiger charge is 2.28. The van der Waals surface area contributed by atoms with Gasteiger partial charge in [-0.3, -0.25) is 4.79 Å². The number of aryl methyl sites for hydroxylation is 1. The highest BCUT2D eigenvalue weighted by molar-refractivity contribution is 7.31. The maximum atomic E-state index is 13.3. The van der Waals surface area contributed by atoms with Crippen LogP contribution in [0.5, 0.6) is 28.9 Å². The first kappa shape index (κ1) is 31.2. The molecule has 0 aliphatic carbocycles. The summed E-state index contributed by atoms with van der Waals surface area (Å²) in [5.41, 5.74) is 1.88. The maximum absolute atomic E-state index is 13.3. The van der Waals surface area contributed by atoms with Crippen LogP contribution in [0.3, 0.4) is 0 Å². The Labute approximate surface area is 262 Å². The summed E-state index contributed by atoms with van der Waals surface area (Å²) in [4.78, 5) is 32.1. The molecule has 10 nitrogen and oxygen atoms in total. The summed E-state index contributed by atoms with van der Waals surface area (Å²) < 4.78 is 27.9. The van der Waals surface area contributed by atoms with Crippen molar-refractivity contribution in [3.05, 3.63) is 88.6 Å². The summed E-state index contributed by atoms with van der Waals surface area (Å²) in [6, 6.07) is 18.2. The molecule has 2 amide bonds. The van der Waals surface area contributed by atoms with Gasteiger partial charge in [0.2, 0.25) is 12.7 Å². The molecule has 4 aromatic rings. The third-order valence-corrected chi connectivity index (χ3v) is 7.75. The van der Waals surface area contributed by atoms with Crippen LogP contribution in [-0.4, -0.2) is 47.9 Å². The van der Waals surface area contributed by atoms with E-state index in [1.807, 2.05) is 17.9 Å². The number of hydrogen-bond donors (Lipinski definition) is 0. The molecule has 0 fully saturated rings. The van der Waals surface area contributed by atoms with Crippen molar-refractivity contribution >= 4 is 26.3 Å². The van der Waals surface area contributed by atoms with Gasteiger partial charge in [-0.15, -0.1) is 8.19 Å². The molecule has 45 heavy (non-hydrogen) atoms. The first-order valence-corrected chi connectivity index (χ1v) is 15.2. The van der Waals surface area contributed by atoms with E-state index in [1.54, 1.807) is 89.4 Å². The van der Waals surface area contributed by atoms with Crippen molar-refractivity contribution in [1.29, 1.82) is 5.26 Å². The molecule has 230 valence electrons. The second-order valence-corrected chi connectivity index (χ2v) is 12.2. The number of ether oxygens (including phenoxy) is 5. The fourth-order valence-corrected chi connectivity index (χ4v) is 5.45. The Morgan fingerprint density at radius 3 is 2.49 bits per heavy atom. The average molecular weight is 626 g/mol. The minimum atomic E-state index is -0.790. The molecular formula is C34H32N3O7P. The number of hydrogen-bond acceptors (Lipinski definition) is 9. The molecule has 0 spiro atoms. The van der Waals surface area contributed by atoms with E-state index in [0.717, 1.165) is 10.5 Å². The summed E-state index contributed by atoms with van der Waals surface area (Å²) in [5.74, 6) is 3.78. The van der Waals surface area contributed by atoms with Crippen molar-refractivity contribution in [2.75, 3.05) is 20.4 Å². The van der Waals surface area contributed by atoms with Gasteiger partial charge in [-0.25, -0.2) is 14.7 Å². The van der Waals surface area contributed by atoms with Crippen molar-refractivity contribution < 1.29 is 33.3 Å². The maximum Gasteiger partial charge on any atom is 0.417 e. The van der Waals surface area contributed by atoms with E-state index in [4.69, 9.17) is 23.7 Å². The first-order valence-electron chi connectivity index (χ1n) is 14.1. The molecule has 0 saturated heterocycles. The fourth-order valence-electron chi connectivity index (χ4n) is 4.62. The Balaban J connectivity index is 1.55. The number of carbonyl (C=O) groups is 2. The standard InChI is InChI=1S/C34H32N3O7P/c1-21-25(8-6-16-37(33(39)44-34(2,3)4)32(38)29-9-7-17-45-29)30(22-10-12-23(40-5)13-11-22)26(19-35)31(36-21)43-24-14-15-27-28(18-24)42-20-41-27/h6-15,17-18,45H,16,20H2,1-5H3. The number of fused-ring (bicyclic) bond motifs is 1. The molecule has 0 bridgehead atoms. The van der Waals surface area contributed by atoms with Crippen LogP contribution in [0.2, 0.25) is 0 Å². The quantitative estimate of drug-likeness (QED) is 0.195. The van der Waals surface area contributed by atoms with Crippen LogP contribution in [-0.2, 0) is 4.74 Å². The molecule has 0 radical (unpaired) electrons. The SMILES string of the molecule is COc1ccc(-c2c(C#N)c(Oc3ccc4c(c3)OCO4)nc(C)c2C=CCN(C(=O)OC(C)(C)C)C(=O)c2ccc[pH]2)cc1. The van der Waals surface area contributed by atoms with Gasteiger partial charge in [-0.2, -0.15) is 5.26 Å². The van der Waals surface area contributed by atoms with Crippen LogP contribution < -0.4 is 18.9 Å². The van der Waals surface area contributed by atoms with Crippen LogP contribution >= 0.6 is 8.19 Å². The van der Waals surface area contributed by atoms with Crippen molar-refractivity contribution in [1.82, 2.24) is 9.88 Å². The number of aromatic nitrogens is 1. The zero-order chi connectivity index (χ0) is 32.1. The van der Waals surface area contributed by atoms with Crippen molar-refractivity contribution in [3.63, 3.8) is 0 Å². The van der Waals surface area contributed by atoms with Crippen LogP contribution in [0, 0.1) is 18.3 Å². The minimum Gasteiger partial charge on any atom is -0.497 e. The lowest BCUT2D eigenvalue weighted by atomic mass is 9.94. The summed E-state index contributed by atoms with van der Waals surface area (Å²) in [6.45, 7) is 7.09. The summed E-state index contributed by atoms with van der Waals surface area (Å²) >= 11 is 0. The Bertz CT molecular complexity index is 1790. The monoisotopic (exact) mass is 625 g/mol. The third-order valence-electron chi connectivity index (χ3n) is 6.70. The predicted molar refractivity (Wildman–Crippen MR) is 171 cm³/mol. The van der Waals surface area contributed by atoms with Gasteiger partial charge >= 0.3 is 6.09 Å². The van der Waals surface area contributed by atoms with Gasteiger partial charge in [0, 0.05) is 22.9 Å². The van der Waals surface area contributed by atoms with E-state index in [9.17, 15) is 14.9 Å². The number of methoxy groups -OCH3 is 1. The lowest BCUT2D eigenvalue weighted by molar-refractivity contribution is 0.0262. The number of amides is 2.